The second kappa shape index (κ2) is 10.1. The van der Waals surface area contributed by atoms with Gasteiger partial charge in [0, 0.05) is 24.9 Å². The van der Waals surface area contributed by atoms with Crippen LogP contribution in [-0.4, -0.2) is 23.1 Å². The summed E-state index contributed by atoms with van der Waals surface area (Å²) in [6, 6.07) is 15.8. The van der Waals surface area contributed by atoms with Crippen molar-refractivity contribution < 1.29 is 4.79 Å². The molecule has 2 aromatic rings. The molecule has 0 saturated carbocycles. The summed E-state index contributed by atoms with van der Waals surface area (Å²) in [5.74, 6) is -0.0534. The van der Waals surface area contributed by atoms with Crippen molar-refractivity contribution in [1.29, 1.82) is 0 Å². The maximum atomic E-state index is 12.4. The van der Waals surface area contributed by atoms with Crippen LogP contribution in [0, 0.1) is 0 Å². The fourth-order valence-corrected chi connectivity index (χ4v) is 2.63. The van der Waals surface area contributed by atoms with E-state index in [1.807, 2.05) is 48.5 Å². The maximum absolute atomic E-state index is 12.4. The normalized spacial score (nSPS) is 13.9. The highest BCUT2D eigenvalue weighted by Gasteiger charge is 2.20. The zero-order valence-electron chi connectivity index (χ0n) is 13.2. The van der Waals surface area contributed by atoms with Crippen LogP contribution in [0.3, 0.4) is 0 Å². The molecule has 0 saturated heterocycles. The minimum absolute atomic E-state index is 0. The zero-order chi connectivity index (χ0) is 15.2. The Morgan fingerprint density at radius 1 is 1.08 bits per heavy atom. The summed E-state index contributed by atoms with van der Waals surface area (Å²) < 4.78 is 0. The number of aromatic nitrogens is 1. The predicted molar refractivity (Wildman–Crippen MR) is 101 cm³/mol. The van der Waals surface area contributed by atoms with Gasteiger partial charge in [0.05, 0.1) is 11.8 Å². The van der Waals surface area contributed by atoms with Gasteiger partial charge in [-0.15, -0.1) is 24.8 Å². The van der Waals surface area contributed by atoms with E-state index in [1.165, 1.54) is 0 Å². The molecule has 1 aromatic heterocycles. The van der Waals surface area contributed by atoms with Crippen LogP contribution < -0.4 is 5.32 Å². The fourth-order valence-electron chi connectivity index (χ4n) is 2.63. The molecule has 0 aliphatic carbocycles. The molecule has 2 heterocycles. The Balaban J connectivity index is 0.00000144. The van der Waals surface area contributed by atoms with Gasteiger partial charge in [0.2, 0.25) is 0 Å². The molecule has 1 N–H and O–H groups in total. The quantitative estimate of drug-likeness (QED) is 0.880. The number of benzene rings is 1. The third-order valence-corrected chi connectivity index (χ3v) is 3.78. The van der Waals surface area contributed by atoms with E-state index in [1.54, 1.807) is 6.20 Å². The number of aliphatic imine (C=N–C) groups is 1. The van der Waals surface area contributed by atoms with Gasteiger partial charge in [0.15, 0.2) is 0 Å². The first-order chi connectivity index (χ1) is 10.8. The smallest absolute Gasteiger partial charge is 0.265 e. The largest absolute Gasteiger partial charge is 0.344 e. The molecule has 128 valence electrons. The summed E-state index contributed by atoms with van der Waals surface area (Å²) in [5, 5.41) is 3.11. The molecule has 0 unspecified atom stereocenters. The lowest BCUT2D eigenvalue weighted by Crippen LogP contribution is -2.34. The Morgan fingerprint density at radius 3 is 2.46 bits per heavy atom. The highest BCUT2D eigenvalue weighted by atomic mass is 35.5. The van der Waals surface area contributed by atoms with Gasteiger partial charge in [0.1, 0.15) is 0 Å². The Kier molecular flexibility index (Phi) is 8.44. The van der Waals surface area contributed by atoms with Crippen LogP contribution in [0.1, 0.15) is 30.1 Å². The molecule has 0 spiro atoms. The first-order valence-electron chi connectivity index (χ1n) is 7.62. The highest BCUT2D eigenvalue weighted by Crippen LogP contribution is 2.18. The van der Waals surface area contributed by atoms with Crippen molar-refractivity contribution in [3.05, 3.63) is 66.0 Å². The maximum Gasteiger partial charge on any atom is 0.265 e. The van der Waals surface area contributed by atoms with Gasteiger partial charge in [-0.3, -0.25) is 14.8 Å². The summed E-state index contributed by atoms with van der Waals surface area (Å²) in [6.45, 7) is 0.763. The van der Waals surface area contributed by atoms with Crippen LogP contribution in [-0.2, 0) is 11.2 Å². The molecule has 1 aliphatic rings. The monoisotopic (exact) mass is 365 g/mol. The molecule has 1 atom stereocenters. The van der Waals surface area contributed by atoms with Crippen LogP contribution in [0.25, 0.3) is 0 Å². The van der Waals surface area contributed by atoms with E-state index in [-0.39, 0.29) is 36.8 Å². The van der Waals surface area contributed by atoms with E-state index in [9.17, 15) is 4.79 Å². The van der Waals surface area contributed by atoms with E-state index in [4.69, 9.17) is 0 Å². The summed E-state index contributed by atoms with van der Waals surface area (Å²) in [6.07, 6.45) is 4.19. The molecule has 0 radical (unpaired) electrons. The number of pyridine rings is 1. The van der Waals surface area contributed by atoms with Crippen molar-refractivity contribution in [2.45, 2.75) is 25.3 Å². The Morgan fingerprint density at radius 2 is 1.83 bits per heavy atom. The van der Waals surface area contributed by atoms with E-state index in [0.29, 0.717) is 12.1 Å². The lowest BCUT2D eigenvalue weighted by atomic mass is 10.0. The third kappa shape index (κ3) is 5.32. The van der Waals surface area contributed by atoms with Crippen molar-refractivity contribution in [3.8, 4) is 0 Å². The van der Waals surface area contributed by atoms with E-state index in [0.717, 1.165) is 30.6 Å². The topological polar surface area (TPSA) is 54.4 Å². The number of amides is 1. The minimum Gasteiger partial charge on any atom is -0.344 e. The number of carbonyl (C=O) groups excluding carboxylic acids is 1. The van der Waals surface area contributed by atoms with Gasteiger partial charge in [-0.1, -0.05) is 36.4 Å². The van der Waals surface area contributed by atoms with E-state index < -0.39 is 0 Å². The molecule has 1 amide bonds. The number of rotatable bonds is 5. The fraction of sp³-hybridized carbons (Fsp3) is 0.278. The van der Waals surface area contributed by atoms with Gasteiger partial charge >= 0.3 is 0 Å². The number of halogens is 2. The van der Waals surface area contributed by atoms with Crippen LogP contribution in [0.2, 0.25) is 0 Å². The molecule has 1 aromatic carbocycles. The van der Waals surface area contributed by atoms with E-state index in [2.05, 4.69) is 15.3 Å². The highest BCUT2D eigenvalue weighted by molar-refractivity contribution is 6.39. The number of nitrogens with one attached hydrogen (secondary N) is 1. The average Bonchev–Trinajstić information content (AvgIpc) is 3.11. The Bertz CT molecular complexity index is 662. The molecule has 0 bridgehead atoms. The van der Waals surface area contributed by atoms with Crippen molar-refractivity contribution in [2.24, 2.45) is 4.99 Å². The molecule has 1 aliphatic heterocycles. The Labute approximate surface area is 154 Å². The first kappa shape index (κ1) is 20.1. The number of hydrogen-bond donors (Lipinski definition) is 1. The molecule has 6 heteroatoms. The minimum atomic E-state index is -0.0908. The lowest BCUT2D eigenvalue weighted by Gasteiger charge is -2.19. The van der Waals surface area contributed by atoms with Crippen molar-refractivity contribution in [2.75, 3.05) is 6.54 Å². The first-order valence-corrected chi connectivity index (χ1v) is 7.62. The molecule has 24 heavy (non-hydrogen) atoms. The number of carbonyl (C=O) groups is 1. The van der Waals surface area contributed by atoms with Crippen LogP contribution in [0.5, 0.6) is 0 Å². The summed E-state index contributed by atoms with van der Waals surface area (Å²) in [4.78, 5) is 21.0. The predicted octanol–water partition coefficient (Wildman–Crippen LogP) is 3.56. The molecule has 0 fully saturated rings. The van der Waals surface area contributed by atoms with Gasteiger partial charge in [-0.2, -0.15) is 0 Å². The van der Waals surface area contributed by atoms with Gasteiger partial charge < -0.3 is 5.32 Å². The second-order valence-electron chi connectivity index (χ2n) is 5.39. The number of hydrogen-bond acceptors (Lipinski definition) is 3. The summed E-state index contributed by atoms with van der Waals surface area (Å²) in [5.41, 5.74) is 2.71. The summed E-state index contributed by atoms with van der Waals surface area (Å²) in [7, 11) is 0. The van der Waals surface area contributed by atoms with E-state index >= 15 is 0 Å². The third-order valence-electron chi connectivity index (χ3n) is 3.78. The van der Waals surface area contributed by atoms with Crippen LogP contribution >= 0.6 is 24.8 Å². The van der Waals surface area contributed by atoms with Gasteiger partial charge in [-0.25, -0.2) is 0 Å². The van der Waals surface area contributed by atoms with Crippen molar-refractivity contribution in [1.82, 2.24) is 10.3 Å². The van der Waals surface area contributed by atoms with Crippen LogP contribution in [0.4, 0.5) is 0 Å². The van der Waals surface area contributed by atoms with Gasteiger partial charge in [-0.05, 0) is 30.5 Å². The second-order valence-corrected chi connectivity index (χ2v) is 5.39. The SMILES string of the molecule is Cl.Cl.O=C(N[C@@H](Cc1ccccn1)c1ccccc1)C1=NCCC1. The number of nitrogens with zero attached hydrogens (tertiary/aromatic N) is 2. The average molecular weight is 366 g/mol. The summed E-state index contributed by atoms with van der Waals surface area (Å²) >= 11 is 0. The zero-order valence-corrected chi connectivity index (χ0v) is 14.9. The van der Waals surface area contributed by atoms with Crippen molar-refractivity contribution in [3.63, 3.8) is 0 Å². The molecular formula is C18H21Cl2N3O. The molecule has 3 rings (SSSR count). The lowest BCUT2D eigenvalue weighted by molar-refractivity contribution is -0.115. The molecule has 4 nitrogen and oxygen atoms in total. The van der Waals surface area contributed by atoms with Gasteiger partial charge in [0.25, 0.3) is 5.91 Å². The van der Waals surface area contributed by atoms with Crippen molar-refractivity contribution >= 4 is 36.4 Å². The standard InChI is InChI=1S/C18H19N3O.2ClH/c22-18(16-10-6-12-20-16)21-17(14-7-2-1-3-8-14)13-15-9-4-5-11-19-15;;/h1-5,7-9,11,17H,6,10,12-13H2,(H,21,22);2*1H/t17-;;/m0../s1. The molecular weight excluding hydrogens is 345 g/mol. The van der Waals surface area contributed by atoms with Crippen LogP contribution in [0.15, 0.2) is 59.7 Å². The Hall–Kier alpha value is -1.91.